The molecule has 2 amide bonds. The van der Waals surface area contributed by atoms with Crippen molar-refractivity contribution in [1.82, 2.24) is 9.88 Å². The zero-order valence-electron chi connectivity index (χ0n) is 13.6. The third-order valence-electron chi connectivity index (χ3n) is 4.39. The zero-order chi connectivity index (χ0) is 16.2. The second-order valence-corrected chi connectivity index (χ2v) is 5.84. The molecule has 1 N–H and O–H groups in total. The van der Waals surface area contributed by atoms with Crippen molar-refractivity contribution in [3.63, 3.8) is 0 Å². The second kappa shape index (κ2) is 6.69. The number of urea groups is 1. The molecule has 2 heterocycles. The molecule has 2 aromatic rings. The first kappa shape index (κ1) is 15.3. The second-order valence-electron chi connectivity index (χ2n) is 5.84. The average Bonchev–Trinajstić information content (AvgIpc) is 2.60. The van der Waals surface area contributed by atoms with Gasteiger partial charge < -0.3 is 15.1 Å². The topological polar surface area (TPSA) is 48.5 Å². The van der Waals surface area contributed by atoms with Gasteiger partial charge in [0.2, 0.25) is 0 Å². The molecule has 3 rings (SSSR count). The Kier molecular flexibility index (Phi) is 4.46. The Hall–Kier alpha value is -2.56. The van der Waals surface area contributed by atoms with E-state index in [0.29, 0.717) is 13.1 Å². The van der Waals surface area contributed by atoms with Crippen molar-refractivity contribution >= 4 is 17.5 Å². The van der Waals surface area contributed by atoms with Crippen molar-refractivity contribution in [1.29, 1.82) is 0 Å². The molecule has 1 aromatic heterocycles. The van der Waals surface area contributed by atoms with Crippen LogP contribution in [0.2, 0.25) is 0 Å². The van der Waals surface area contributed by atoms with Crippen LogP contribution in [0.15, 0.2) is 42.6 Å². The molecule has 120 valence electrons. The van der Waals surface area contributed by atoms with Crippen LogP contribution < -0.4 is 10.2 Å². The quantitative estimate of drug-likeness (QED) is 0.927. The van der Waals surface area contributed by atoms with E-state index < -0.39 is 0 Å². The molecular formula is C18H22N4O. The molecule has 1 fully saturated rings. The SMILES string of the molecule is Cc1cccc(NC(=O)N2CCN(c3ccccn3)CC2)c1C. The van der Waals surface area contributed by atoms with Crippen molar-refractivity contribution in [3.8, 4) is 0 Å². The van der Waals surface area contributed by atoms with E-state index in [2.05, 4.69) is 28.2 Å². The van der Waals surface area contributed by atoms with Gasteiger partial charge in [0.05, 0.1) is 0 Å². The number of hydrogen-bond donors (Lipinski definition) is 1. The summed E-state index contributed by atoms with van der Waals surface area (Å²) in [4.78, 5) is 20.9. The smallest absolute Gasteiger partial charge is 0.321 e. The number of aryl methyl sites for hydroxylation is 1. The number of pyridine rings is 1. The highest BCUT2D eigenvalue weighted by atomic mass is 16.2. The summed E-state index contributed by atoms with van der Waals surface area (Å²) in [7, 11) is 0. The van der Waals surface area contributed by atoms with E-state index in [1.165, 1.54) is 5.56 Å². The Bertz CT molecular complexity index is 679. The summed E-state index contributed by atoms with van der Waals surface area (Å²) in [5.74, 6) is 0.974. The van der Waals surface area contributed by atoms with E-state index >= 15 is 0 Å². The molecule has 0 spiro atoms. The van der Waals surface area contributed by atoms with Crippen LogP contribution >= 0.6 is 0 Å². The van der Waals surface area contributed by atoms with Crippen molar-refractivity contribution in [2.45, 2.75) is 13.8 Å². The number of amides is 2. The lowest BCUT2D eigenvalue weighted by atomic mass is 10.1. The number of carbonyl (C=O) groups excluding carboxylic acids is 1. The lowest BCUT2D eigenvalue weighted by molar-refractivity contribution is 0.208. The number of hydrogen-bond acceptors (Lipinski definition) is 3. The molecule has 1 saturated heterocycles. The standard InChI is InChI=1S/C18H22N4O/c1-14-6-5-7-16(15(14)2)20-18(23)22-12-10-21(11-13-22)17-8-3-4-9-19-17/h3-9H,10-13H2,1-2H3,(H,20,23). The fraction of sp³-hybridized carbons (Fsp3) is 0.333. The summed E-state index contributed by atoms with van der Waals surface area (Å²) in [5.41, 5.74) is 3.19. The van der Waals surface area contributed by atoms with Crippen LogP contribution in [0.3, 0.4) is 0 Å². The van der Waals surface area contributed by atoms with E-state index in [1.807, 2.05) is 42.2 Å². The number of nitrogens with one attached hydrogen (secondary N) is 1. The summed E-state index contributed by atoms with van der Waals surface area (Å²) < 4.78 is 0. The molecule has 5 heteroatoms. The van der Waals surface area contributed by atoms with Crippen molar-refractivity contribution in [3.05, 3.63) is 53.7 Å². The van der Waals surface area contributed by atoms with E-state index in [1.54, 1.807) is 6.20 Å². The highest BCUT2D eigenvalue weighted by molar-refractivity contribution is 5.90. The highest BCUT2D eigenvalue weighted by Gasteiger charge is 2.22. The molecule has 0 aliphatic carbocycles. The van der Waals surface area contributed by atoms with Crippen molar-refractivity contribution in [2.75, 3.05) is 36.4 Å². The molecule has 5 nitrogen and oxygen atoms in total. The monoisotopic (exact) mass is 310 g/mol. The Morgan fingerprint density at radius 3 is 2.52 bits per heavy atom. The predicted octanol–water partition coefficient (Wildman–Crippen LogP) is 3.05. The minimum Gasteiger partial charge on any atom is -0.353 e. The number of benzene rings is 1. The van der Waals surface area contributed by atoms with Gasteiger partial charge in [-0.05, 0) is 43.2 Å². The van der Waals surface area contributed by atoms with E-state index in [-0.39, 0.29) is 6.03 Å². The molecule has 0 bridgehead atoms. The van der Waals surface area contributed by atoms with Gasteiger partial charge >= 0.3 is 6.03 Å². The zero-order valence-corrected chi connectivity index (χ0v) is 13.6. The summed E-state index contributed by atoms with van der Waals surface area (Å²) in [6.45, 7) is 7.09. The van der Waals surface area contributed by atoms with Gasteiger partial charge in [0, 0.05) is 38.1 Å². The van der Waals surface area contributed by atoms with Crippen LogP contribution in [0.1, 0.15) is 11.1 Å². The Morgan fingerprint density at radius 2 is 1.83 bits per heavy atom. The summed E-state index contributed by atoms with van der Waals surface area (Å²) in [6, 6.07) is 11.8. The molecule has 0 radical (unpaired) electrons. The lowest BCUT2D eigenvalue weighted by Crippen LogP contribution is -2.50. The first-order valence-electron chi connectivity index (χ1n) is 7.93. The van der Waals surface area contributed by atoms with Gasteiger partial charge in [0.15, 0.2) is 0 Å². The molecule has 0 unspecified atom stereocenters. The fourth-order valence-corrected chi connectivity index (χ4v) is 2.76. The number of piperazine rings is 1. The Morgan fingerprint density at radius 1 is 1.04 bits per heavy atom. The summed E-state index contributed by atoms with van der Waals surface area (Å²) >= 11 is 0. The van der Waals surface area contributed by atoms with Crippen LogP contribution in [0.4, 0.5) is 16.3 Å². The maximum Gasteiger partial charge on any atom is 0.321 e. The maximum atomic E-state index is 12.5. The van der Waals surface area contributed by atoms with Gasteiger partial charge in [-0.1, -0.05) is 18.2 Å². The Labute approximate surface area is 136 Å². The number of anilines is 2. The van der Waals surface area contributed by atoms with Gasteiger partial charge in [-0.25, -0.2) is 9.78 Å². The molecule has 1 aromatic carbocycles. The van der Waals surface area contributed by atoms with Crippen LogP contribution in [0.5, 0.6) is 0 Å². The largest absolute Gasteiger partial charge is 0.353 e. The highest BCUT2D eigenvalue weighted by Crippen LogP contribution is 2.19. The normalized spacial score (nSPS) is 14.7. The summed E-state index contributed by atoms with van der Waals surface area (Å²) in [6.07, 6.45) is 1.80. The number of rotatable bonds is 2. The van der Waals surface area contributed by atoms with Gasteiger partial charge in [-0.15, -0.1) is 0 Å². The predicted molar refractivity (Wildman–Crippen MR) is 93.0 cm³/mol. The van der Waals surface area contributed by atoms with Gasteiger partial charge in [0.25, 0.3) is 0 Å². The van der Waals surface area contributed by atoms with Crippen molar-refractivity contribution < 1.29 is 4.79 Å². The number of nitrogens with zero attached hydrogens (tertiary/aromatic N) is 3. The van der Waals surface area contributed by atoms with E-state index in [0.717, 1.165) is 30.2 Å². The maximum absolute atomic E-state index is 12.5. The van der Waals surface area contributed by atoms with Crippen LogP contribution in [0, 0.1) is 13.8 Å². The third kappa shape index (κ3) is 3.44. The number of carbonyl (C=O) groups is 1. The minimum atomic E-state index is -0.0284. The first-order valence-corrected chi connectivity index (χ1v) is 7.93. The van der Waals surface area contributed by atoms with Crippen LogP contribution in [-0.2, 0) is 0 Å². The molecule has 0 atom stereocenters. The molecule has 23 heavy (non-hydrogen) atoms. The van der Waals surface area contributed by atoms with Crippen LogP contribution in [0.25, 0.3) is 0 Å². The number of aromatic nitrogens is 1. The van der Waals surface area contributed by atoms with Crippen molar-refractivity contribution in [2.24, 2.45) is 0 Å². The fourth-order valence-electron chi connectivity index (χ4n) is 2.76. The van der Waals surface area contributed by atoms with Crippen LogP contribution in [-0.4, -0.2) is 42.1 Å². The van der Waals surface area contributed by atoms with Gasteiger partial charge in [0.1, 0.15) is 5.82 Å². The third-order valence-corrected chi connectivity index (χ3v) is 4.39. The molecule has 1 aliphatic rings. The average molecular weight is 310 g/mol. The van der Waals surface area contributed by atoms with Gasteiger partial charge in [-0.2, -0.15) is 0 Å². The van der Waals surface area contributed by atoms with E-state index in [9.17, 15) is 4.79 Å². The lowest BCUT2D eigenvalue weighted by Gasteiger charge is -2.35. The van der Waals surface area contributed by atoms with Gasteiger partial charge in [-0.3, -0.25) is 0 Å². The molecule has 0 saturated carbocycles. The molecule has 1 aliphatic heterocycles. The minimum absolute atomic E-state index is 0.0284. The van der Waals surface area contributed by atoms with E-state index in [4.69, 9.17) is 0 Å². The summed E-state index contributed by atoms with van der Waals surface area (Å²) in [5, 5.41) is 3.03. The Balaban J connectivity index is 1.59. The first-order chi connectivity index (χ1) is 11.1. The molecular weight excluding hydrogens is 288 g/mol.